The van der Waals surface area contributed by atoms with Gasteiger partial charge in [-0.25, -0.2) is 0 Å². The number of rotatable bonds is 3. The van der Waals surface area contributed by atoms with Gasteiger partial charge in [0.1, 0.15) is 0 Å². The highest BCUT2D eigenvalue weighted by atomic mass is 79.9. The van der Waals surface area contributed by atoms with Crippen LogP contribution in [0.15, 0.2) is 40.9 Å². The molecule has 7 heteroatoms. The van der Waals surface area contributed by atoms with Gasteiger partial charge in [0, 0.05) is 17.4 Å². The summed E-state index contributed by atoms with van der Waals surface area (Å²) in [5, 5.41) is 13.5. The van der Waals surface area contributed by atoms with Crippen molar-refractivity contribution in [1.29, 1.82) is 0 Å². The number of amides is 1. The molecule has 0 radical (unpaired) electrons. The van der Waals surface area contributed by atoms with Crippen LogP contribution in [-0.2, 0) is 0 Å². The van der Waals surface area contributed by atoms with Crippen molar-refractivity contribution in [1.82, 2.24) is 0 Å². The Morgan fingerprint density at radius 1 is 1.29 bits per heavy atom. The van der Waals surface area contributed by atoms with Gasteiger partial charge in [-0.3, -0.25) is 14.9 Å². The molecule has 0 saturated carbocycles. The van der Waals surface area contributed by atoms with Gasteiger partial charge >= 0.3 is 0 Å². The van der Waals surface area contributed by atoms with Gasteiger partial charge in [0.05, 0.1) is 15.0 Å². The number of carbonyl (C=O) groups excluding carboxylic acids is 1. The molecule has 2 aromatic rings. The zero-order valence-electron chi connectivity index (χ0n) is 11.1. The van der Waals surface area contributed by atoms with E-state index in [0.717, 1.165) is 5.56 Å². The summed E-state index contributed by atoms with van der Waals surface area (Å²) in [6.45, 7) is 1.85. The average Bonchev–Trinajstić information content (AvgIpc) is 2.43. The molecule has 0 aliphatic heterocycles. The van der Waals surface area contributed by atoms with Crippen molar-refractivity contribution in [3.05, 3.63) is 62.1 Å². The molecule has 0 fully saturated rings. The average molecular weight is 350 g/mol. The second-order valence-electron chi connectivity index (χ2n) is 4.47. The van der Waals surface area contributed by atoms with Crippen molar-refractivity contribution in [2.75, 3.05) is 11.1 Å². The van der Waals surface area contributed by atoms with Crippen LogP contribution >= 0.6 is 15.9 Å². The Kier molecular flexibility index (Phi) is 4.23. The standard InChI is InChI=1S/C14H12BrN3O3/c1-8-2-5-12(16)10(6-8)14(19)17-9-3-4-11(15)13(7-9)18(20)21/h2-7H,16H2,1H3,(H,17,19). The van der Waals surface area contributed by atoms with Crippen molar-refractivity contribution < 1.29 is 9.72 Å². The largest absolute Gasteiger partial charge is 0.398 e. The lowest BCUT2D eigenvalue weighted by Crippen LogP contribution is -2.14. The Morgan fingerprint density at radius 3 is 2.67 bits per heavy atom. The van der Waals surface area contributed by atoms with Crippen LogP contribution in [0.4, 0.5) is 17.1 Å². The summed E-state index contributed by atoms with van der Waals surface area (Å²) in [6, 6.07) is 9.48. The van der Waals surface area contributed by atoms with Gasteiger partial charge in [0.15, 0.2) is 0 Å². The molecule has 0 saturated heterocycles. The molecular weight excluding hydrogens is 338 g/mol. The van der Waals surface area contributed by atoms with Crippen LogP contribution in [-0.4, -0.2) is 10.8 Å². The molecule has 0 aliphatic carbocycles. The van der Waals surface area contributed by atoms with E-state index in [9.17, 15) is 14.9 Å². The Labute approximate surface area is 129 Å². The highest BCUT2D eigenvalue weighted by molar-refractivity contribution is 9.10. The molecule has 3 N–H and O–H groups in total. The summed E-state index contributed by atoms with van der Waals surface area (Å²) in [7, 11) is 0. The fraction of sp³-hybridized carbons (Fsp3) is 0.0714. The normalized spacial score (nSPS) is 10.2. The van der Waals surface area contributed by atoms with Crippen LogP contribution in [0.25, 0.3) is 0 Å². The van der Waals surface area contributed by atoms with E-state index >= 15 is 0 Å². The summed E-state index contributed by atoms with van der Waals surface area (Å²) < 4.78 is 0.348. The number of nitro groups is 1. The number of nitro benzene ring substituents is 1. The smallest absolute Gasteiger partial charge is 0.285 e. The fourth-order valence-corrected chi connectivity index (χ4v) is 2.19. The third-order valence-corrected chi connectivity index (χ3v) is 3.52. The van der Waals surface area contributed by atoms with Gasteiger partial charge in [0.25, 0.3) is 11.6 Å². The summed E-state index contributed by atoms with van der Waals surface area (Å²) >= 11 is 3.09. The highest BCUT2D eigenvalue weighted by Crippen LogP contribution is 2.28. The van der Waals surface area contributed by atoms with Crippen LogP contribution in [0.3, 0.4) is 0 Å². The quantitative estimate of drug-likeness (QED) is 0.503. The summed E-state index contributed by atoms with van der Waals surface area (Å²) in [5.74, 6) is -0.409. The molecule has 0 aliphatic rings. The van der Waals surface area contributed by atoms with E-state index < -0.39 is 10.8 Å². The van der Waals surface area contributed by atoms with E-state index in [1.165, 1.54) is 12.1 Å². The van der Waals surface area contributed by atoms with Gasteiger partial charge in [-0.15, -0.1) is 0 Å². The van der Waals surface area contributed by atoms with Gasteiger partial charge in [-0.1, -0.05) is 11.6 Å². The molecule has 0 atom stereocenters. The lowest BCUT2D eigenvalue weighted by molar-refractivity contribution is -0.385. The molecule has 0 spiro atoms. The predicted octanol–water partition coefficient (Wildman–Crippen LogP) is 3.50. The number of hydrogen-bond donors (Lipinski definition) is 2. The summed E-state index contributed by atoms with van der Waals surface area (Å²) in [6.07, 6.45) is 0. The van der Waals surface area contributed by atoms with Crippen LogP contribution in [0, 0.1) is 17.0 Å². The SMILES string of the molecule is Cc1ccc(N)c(C(=O)Nc2ccc(Br)c([N+](=O)[O-])c2)c1. The summed E-state index contributed by atoms with van der Waals surface area (Å²) in [4.78, 5) is 22.5. The first-order valence-electron chi connectivity index (χ1n) is 6.00. The van der Waals surface area contributed by atoms with E-state index in [-0.39, 0.29) is 5.69 Å². The van der Waals surface area contributed by atoms with Crippen LogP contribution in [0.5, 0.6) is 0 Å². The third-order valence-electron chi connectivity index (χ3n) is 2.85. The number of aryl methyl sites for hydroxylation is 1. The highest BCUT2D eigenvalue weighted by Gasteiger charge is 2.15. The molecule has 108 valence electrons. The molecule has 0 aromatic heterocycles. The van der Waals surface area contributed by atoms with Crippen LogP contribution in [0.1, 0.15) is 15.9 Å². The topological polar surface area (TPSA) is 98.3 Å². The molecule has 6 nitrogen and oxygen atoms in total. The van der Waals surface area contributed by atoms with E-state index in [4.69, 9.17) is 5.73 Å². The maximum Gasteiger partial charge on any atom is 0.285 e. The number of nitrogens with zero attached hydrogens (tertiary/aromatic N) is 1. The minimum Gasteiger partial charge on any atom is -0.398 e. The number of halogens is 1. The predicted molar refractivity (Wildman–Crippen MR) is 84.3 cm³/mol. The molecule has 21 heavy (non-hydrogen) atoms. The molecule has 0 unspecified atom stereocenters. The van der Waals surface area contributed by atoms with Crippen LogP contribution < -0.4 is 11.1 Å². The third kappa shape index (κ3) is 3.38. The first kappa shape index (κ1) is 15.0. The van der Waals surface area contributed by atoms with E-state index in [2.05, 4.69) is 21.2 Å². The number of hydrogen-bond acceptors (Lipinski definition) is 4. The van der Waals surface area contributed by atoms with Crippen molar-refractivity contribution >= 4 is 38.9 Å². The molecule has 2 rings (SSSR count). The Morgan fingerprint density at radius 2 is 2.00 bits per heavy atom. The molecule has 0 bridgehead atoms. The zero-order chi connectivity index (χ0) is 15.6. The molecule has 1 amide bonds. The van der Waals surface area contributed by atoms with Crippen LogP contribution in [0.2, 0.25) is 0 Å². The number of nitrogens with two attached hydrogens (primary N) is 1. The Hall–Kier alpha value is -2.41. The maximum atomic E-state index is 12.2. The lowest BCUT2D eigenvalue weighted by Gasteiger charge is -2.08. The van der Waals surface area contributed by atoms with Crippen molar-refractivity contribution in [2.45, 2.75) is 6.92 Å². The monoisotopic (exact) mass is 349 g/mol. The lowest BCUT2D eigenvalue weighted by atomic mass is 10.1. The number of carbonyl (C=O) groups is 1. The fourth-order valence-electron chi connectivity index (χ4n) is 1.80. The van der Waals surface area contributed by atoms with Crippen molar-refractivity contribution in [3.8, 4) is 0 Å². The Bertz CT molecular complexity index is 731. The zero-order valence-corrected chi connectivity index (χ0v) is 12.7. The molecule has 0 heterocycles. The molecule has 2 aromatic carbocycles. The first-order chi connectivity index (χ1) is 9.88. The van der Waals surface area contributed by atoms with Gasteiger partial charge < -0.3 is 11.1 Å². The van der Waals surface area contributed by atoms with Crippen molar-refractivity contribution in [2.24, 2.45) is 0 Å². The minimum absolute atomic E-state index is 0.120. The second-order valence-corrected chi connectivity index (χ2v) is 5.32. The number of anilines is 2. The van der Waals surface area contributed by atoms with E-state index in [0.29, 0.717) is 21.4 Å². The van der Waals surface area contributed by atoms with E-state index in [1.54, 1.807) is 24.3 Å². The summed E-state index contributed by atoms with van der Waals surface area (Å²) in [5.41, 5.74) is 7.56. The number of nitrogens with one attached hydrogen (secondary N) is 1. The van der Waals surface area contributed by atoms with Crippen molar-refractivity contribution in [3.63, 3.8) is 0 Å². The maximum absolute atomic E-state index is 12.2. The van der Waals surface area contributed by atoms with Gasteiger partial charge in [-0.05, 0) is 47.1 Å². The number of benzene rings is 2. The minimum atomic E-state index is -0.527. The van der Waals surface area contributed by atoms with E-state index in [1.807, 2.05) is 6.92 Å². The Balaban J connectivity index is 2.29. The second kappa shape index (κ2) is 5.92. The molecular formula is C14H12BrN3O3. The number of nitrogen functional groups attached to an aromatic ring is 1. The van der Waals surface area contributed by atoms with Gasteiger partial charge in [-0.2, -0.15) is 0 Å². The first-order valence-corrected chi connectivity index (χ1v) is 6.79. The van der Waals surface area contributed by atoms with Gasteiger partial charge in [0.2, 0.25) is 0 Å².